The van der Waals surface area contributed by atoms with Crippen molar-refractivity contribution in [2.75, 3.05) is 13.7 Å². The van der Waals surface area contributed by atoms with Gasteiger partial charge < -0.3 is 15.4 Å². The van der Waals surface area contributed by atoms with Crippen molar-refractivity contribution in [2.24, 2.45) is 7.05 Å². The van der Waals surface area contributed by atoms with Crippen LogP contribution >= 0.6 is 0 Å². The molecule has 6 nitrogen and oxygen atoms in total. The molecule has 1 aliphatic rings. The van der Waals surface area contributed by atoms with Crippen LogP contribution in [-0.4, -0.2) is 41.5 Å². The van der Waals surface area contributed by atoms with Crippen LogP contribution < -0.4 is 10.6 Å². The van der Waals surface area contributed by atoms with E-state index < -0.39 is 0 Å². The maximum atomic E-state index is 11.8. The van der Waals surface area contributed by atoms with Crippen molar-refractivity contribution in [2.45, 2.75) is 25.1 Å². The lowest BCUT2D eigenvalue weighted by molar-refractivity contribution is -0.123. The van der Waals surface area contributed by atoms with Crippen molar-refractivity contribution >= 4 is 5.91 Å². The Labute approximate surface area is 100 Å². The molecule has 2 unspecified atom stereocenters. The molecule has 1 aromatic heterocycles. The summed E-state index contributed by atoms with van der Waals surface area (Å²) in [5.74, 6) is 0.0217. The minimum atomic E-state index is -0.142. The zero-order valence-corrected chi connectivity index (χ0v) is 10.1. The van der Waals surface area contributed by atoms with E-state index >= 15 is 0 Å². The third kappa shape index (κ3) is 3.04. The summed E-state index contributed by atoms with van der Waals surface area (Å²) < 4.78 is 6.92. The normalized spacial score (nSPS) is 23.9. The van der Waals surface area contributed by atoms with E-state index in [1.165, 1.54) is 0 Å². The van der Waals surface area contributed by atoms with Crippen molar-refractivity contribution in [1.29, 1.82) is 0 Å². The predicted octanol–water partition coefficient (Wildman–Crippen LogP) is -0.587. The van der Waals surface area contributed by atoms with E-state index in [9.17, 15) is 4.79 Å². The first kappa shape index (κ1) is 12.1. The Kier molecular flexibility index (Phi) is 3.75. The van der Waals surface area contributed by atoms with Gasteiger partial charge in [0.05, 0.1) is 18.3 Å². The van der Waals surface area contributed by atoms with Gasteiger partial charge in [-0.1, -0.05) is 0 Å². The molecule has 0 aromatic carbocycles. The number of nitrogens with zero attached hydrogens (tertiary/aromatic N) is 2. The molecule has 1 saturated heterocycles. The number of rotatable bonds is 4. The molecule has 1 aliphatic heterocycles. The summed E-state index contributed by atoms with van der Waals surface area (Å²) in [7, 11) is 3.52. The third-order valence-electron chi connectivity index (χ3n) is 2.97. The Hall–Kier alpha value is -1.40. The molecule has 6 heteroatoms. The number of ether oxygens (including phenoxy) is 1. The van der Waals surface area contributed by atoms with E-state index in [1.807, 2.05) is 13.2 Å². The second-order valence-corrected chi connectivity index (χ2v) is 4.29. The summed E-state index contributed by atoms with van der Waals surface area (Å²) in [6.07, 6.45) is 4.51. The lowest BCUT2D eigenvalue weighted by atomic mass is 10.2. The molecule has 0 saturated carbocycles. The van der Waals surface area contributed by atoms with E-state index in [1.54, 1.807) is 18.0 Å². The number of aromatic nitrogens is 2. The Balaban J connectivity index is 1.78. The van der Waals surface area contributed by atoms with Gasteiger partial charge in [0.2, 0.25) is 5.91 Å². The highest BCUT2D eigenvalue weighted by Gasteiger charge is 2.28. The molecular formula is C11H18N4O2. The molecule has 0 bridgehead atoms. The topological polar surface area (TPSA) is 68.2 Å². The van der Waals surface area contributed by atoms with Crippen LogP contribution in [0.4, 0.5) is 0 Å². The molecule has 2 N–H and O–H groups in total. The highest BCUT2D eigenvalue weighted by Crippen LogP contribution is 2.09. The molecule has 1 aromatic rings. The average molecular weight is 238 g/mol. The summed E-state index contributed by atoms with van der Waals surface area (Å²) in [6.45, 7) is 1.25. The number of carbonyl (C=O) groups is 1. The maximum absolute atomic E-state index is 11.8. The molecule has 2 atom stereocenters. The van der Waals surface area contributed by atoms with E-state index in [0.29, 0.717) is 6.54 Å². The predicted molar refractivity (Wildman–Crippen MR) is 62.3 cm³/mol. The van der Waals surface area contributed by atoms with Crippen molar-refractivity contribution in [3.63, 3.8) is 0 Å². The van der Waals surface area contributed by atoms with Crippen LogP contribution in [0.1, 0.15) is 12.0 Å². The van der Waals surface area contributed by atoms with E-state index in [2.05, 4.69) is 15.7 Å². The number of amides is 1. The first-order valence-electron chi connectivity index (χ1n) is 5.70. The largest absolute Gasteiger partial charge is 0.380 e. The standard InChI is InChI=1S/C11H18N4O2/c1-15-7-8(5-14-15)4-13-11(16)10-3-9(17-2)6-12-10/h5,7,9-10,12H,3-4,6H2,1-2H3,(H,13,16). The molecule has 17 heavy (non-hydrogen) atoms. The third-order valence-corrected chi connectivity index (χ3v) is 2.97. The highest BCUT2D eigenvalue weighted by molar-refractivity contribution is 5.82. The summed E-state index contributed by atoms with van der Waals surface area (Å²) >= 11 is 0. The smallest absolute Gasteiger partial charge is 0.237 e. The van der Waals surface area contributed by atoms with Crippen LogP contribution in [0.2, 0.25) is 0 Å². The van der Waals surface area contributed by atoms with Gasteiger partial charge in [0.1, 0.15) is 0 Å². The minimum absolute atomic E-state index is 0.0217. The van der Waals surface area contributed by atoms with E-state index in [0.717, 1.165) is 18.5 Å². The van der Waals surface area contributed by atoms with Crippen LogP contribution in [-0.2, 0) is 23.1 Å². The second kappa shape index (κ2) is 5.29. The molecule has 1 amide bonds. The van der Waals surface area contributed by atoms with Crippen molar-refractivity contribution in [3.8, 4) is 0 Å². The van der Waals surface area contributed by atoms with Crippen LogP contribution in [0.25, 0.3) is 0 Å². The molecular weight excluding hydrogens is 220 g/mol. The minimum Gasteiger partial charge on any atom is -0.380 e. The molecule has 0 radical (unpaired) electrons. The number of nitrogens with one attached hydrogen (secondary N) is 2. The number of hydrogen-bond acceptors (Lipinski definition) is 4. The van der Waals surface area contributed by atoms with Gasteiger partial charge in [-0.25, -0.2) is 0 Å². The summed E-state index contributed by atoms with van der Waals surface area (Å²) in [5, 5.41) is 10.1. The number of carbonyl (C=O) groups excluding carboxylic acids is 1. The Bertz CT molecular complexity index is 391. The molecule has 0 spiro atoms. The zero-order chi connectivity index (χ0) is 12.3. The van der Waals surface area contributed by atoms with Crippen molar-refractivity contribution in [3.05, 3.63) is 18.0 Å². The molecule has 94 valence electrons. The SMILES string of the molecule is COC1CNC(C(=O)NCc2cnn(C)c2)C1. The van der Waals surface area contributed by atoms with Crippen LogP contribution in [0.5, 0.6) is 0 Å². The summed E-state index contributed by atoms with van der Waals surface area (Å²) in [6, 6.07) is -0.142. The van der Waals surface area contributed by atoms with Crippen LogP contribution in [0.15, 0.2) is 12.4 Å². The average Bonchev–Trinajstić information content (AvgIpc) is 2.94. The fourth-order valence-corrected chi connectivity index (χ4v) is 1.96. The number of aryl methyl sites for hydroxylation is 1. The quantitative estimate of drug-likeness (QED) is 0.736. The van der Waals surface area contributed by atoms with Gasteiger partial charge in [0.25, 0.3) is 0 Å². The monoisotopic (exact) mass is 238 g/mol. The molecule has 1 fully saturated rings. The zero-order valence-electron chi connectivity index (χ0n) is 10.1. The molecule has 2 heterocycles. The van der Waals surface area contributed by atoms with Crippen LogP contribution in [0, 0.1) is 0 Å². The van der Waals surface area contributed by atoms with Gasteiger partial charge in [-0.3, -0.25) is 9.48 Å². The Morgan fingerprint density at radius 3 is 3.18 bits per heavy atom. The lowest BCUT2D eigenvalue weighted by Gasteiger charge is -2.10. The molecule has 2 rings (SSSR count). The van der Waals surface area contributed by atoms with E-state index in [-0.39, 0.29) is 18.1 Å². The number of hydrogen-bond donors (Lipinski definition) is 2. The Morgan fingerprint density at radius 1 is 1.76 bits per heavy atom. The van der Waals surface area contributed by atoms with Gasteiger partial charge in [-0.15, -0.1) is 0 Å². The summed E-state index contributed by atoms with van der Waals surface area (Å²) in [5.41, 5.74) is 1.00. The first-order valence-corrected chi connectivity index (χ1v) is 5.70. The Morgan fingerprint density at radius 2 is 2.59 bits per heavy atom. The van der Waals surface area contributed by atoms with Gasteiger partial charge in [-0.2, -0.15) is 5.10 Å². The van der Waals surface area contributed by atoms with Gasteiger partial charge >= 0.3 is 0 Å². The highest BCUT2D eigenvalue weighted by atomic mass is 16.5. The fraction of sp³-hybridized carbons (Fsp3) is 0.636. The van der Waals surface area contributed by atoms with Crippen LogP contribution in [0.3, 0.4) is 0 Å². The van der Waals surface area contributed by atoms with Gasteiger partial charge in [-0.05, 0) is 6.42 Å². The second-order valence-electron chi connectivity index (χ2n) is 4.29. The van der Waals surface area contributed by atoms with Crippen molar-refractivity contribution in [1.82, 2.24) is 20.4 Å². The first-order chi connectivity index (χ1) is 8.19. The summed E-state index contributed by atoms with van der Waals surface area (Å²) in [4.78, 5) is 11.8. The van der Waals surface area contributed by atoms with Crippen molar-refractivity contribution < 1.29 is 9.53 Å². The molecule has 0 aliphatic carbocycles. The maximum Gasteiger partial charge on any atom is 0.237 e. The lowest BCUT2D eigenvalue weighted by Crippen LogP contribution is -2.39. The van der Waals surface area contributed by atoms with Gasteiger partial charge in [0.15, 0.2) is 0 Å². The van der Waals surface area contributed by atoms with Gasteiger partial charge in [0, 0.05) is 39.0 Å². The fourth-order valence-electron chi connectivity index (χ4n) is 1.96. The number of methoxy groups -OCH3 is 1. The van der Waals surface area contributed by atoms with E-state index in [4.69, 9.17) is 4.74 Å².